The summed E-state index contributed by atoms with van der Waals surface area (Å²) in [6, 6.07) is 13.0. The van der Waals surface area contributed by atoms with Crippen LogP contribution in [0.2, 0.25) is 0 Å². The number of nitriles is 1. The maximum atomic E-state index is 12.6. The first-order chi connectivity index (χ1) is 12.7. The molecular formula is C18H15N5OS2. The molecule has 0 spiro atoms. The quantitative estimate of drug-likeness (QED) is 0.697. The number of hydrogen-bond acceptors (Lipinski definition) is 7. The van der Waals surface area contributed by atoms with Gasteiger partial charge in [0.05, 0.1) is 16.5 Å². The van der Waals surface area contributed by atoms with E-state index in [0.717, 1.165) is 28.1 Å². The number of carbonyl (C=O) groups excluding carboxylic acids is 1. The van der Waals surface area contributed by atoms with Crippen molar-refractivity contribution in [2.75, 3.05) is 31.1 Å². The van der Waals surface area contributed by atoms with Gasteiger partial charge in [-0.1, -0.05) is 23.5 Å². The van der Waals surface area contributed by atoms with Crippen LogP contribution in [-0.4, -0.2) is 47.2 Å². The molecule has 1 fully saturated rings. The summed E-state index contributed by atoms with van der Waals surface area (Å²) < 4.78 is 0. The Kier molecular flexibility index (Phi) is 4.65. The summed E-state index contributed by atoms with van der Waals surface area (Å²) in [5, 5.41) is 21.4. The van der Waals surface area contributed by atoms with Gasteiger partial charge in [-0.2, -0.15) is 5.26 Å². The van der Waals surface area contributed by atoms with E-state index in [1.54, 1.807) is 46.9 Å². The monoisotopic (exact) mass is 381 g/mol. The molecule has 3 heterocycles. The predicted molar refractivity (Wildman–Crippen MR) is 102 cm³/mol. The van der Waals surface area contributed by atoms with Gasteiger partial charge in [0.15, 0.2) is 5.01 Å². The fourth-order valence-corrected chi connectivity index (χ4v) is 4.54. The number of anilines is 1. The van der Waals surface area contributed by atoms with Gasteiger partial charge in [0.2, 0.25) is 5.13 Å². The van der Waals surface area contributed by atoms with Gasteiger partial charge in [0.25, 0.3) is 5.91 Å². The van der Waals surface area contributed by atoms with E-state index >= 15 is 0 Å². The zero-order valence-electron chi connectivity index (χ0n) is 13.8. The number of amides is 1. The minimum absolute atomic E-state index is 0.0294. The highest BCUT2D eigenvalue weighted by atomic mass is 32.1. The molecule has 0 saturated carbocycles. The molecule has 0 N–H and O–H groups in total. The first-order valence-electron chi connectivity index (χ1n) is 8.16. The summed E-state index contributed by atoms with van der Waals surface area (Å²) in [5.41, 5.74) is 1.07. The van der Waals surface area contributed by atoms with E-state index in [9.17, 15) is 4.79 Å². The Morgan fingerprint density at radius 1 is 1.12 bits per heavy atom. The van der Waals surface area contributed by atoms with Crippen molar-refractivity contribution in [1.82, 2.24) is 15.1 Å². The summed E-state index contributed by atoms with van der Waals surface area (Å²) in [6.07, 6.45) is 0. The number of piperazine rings is 1. The fourth-order valence-electron chi connectivity index (χ4n) is 2.85. The van der Waals surface area contributed by atoms with E-state index in [1.165, 1.54) is 0 Å². The molecule has 0 aliphatic carbocycles. The molecule has 0 unspecified atom stereocenters. The van der Waals surface area contributed by atoms with Gasteiger partial charge in [0, 0.05) is 31.7 Å². The molecule has 6 nitrogen and oxygen atoms in total. The number of aromatic nitrogens is 2. The molecule has 8 heteroatoms. The van der Waals surface area contributed by atoms with Gasteiger partial charge in [0.1, 0.15) is 0 Å². The second-order valence-electron chi connectivity index (χ2n) is 5.84. The minimum Gasteiger partial charge on any atom is -0.343 e. The summed E-state index contributed by atoms with van der Waals surface area (Å²) >= 11 is 3.24. The van der Waals surface area contributed by atoms with Crippen LogP contribution in [0.5, 0.6) is 0 Å². The first-order valence-corrected chi connectivity index (χ1v) is 9.86. The normalized spacial score (nSPS) is 14.3. The molecular weight excluding hydrogens is 366 g/mol. The highest BCUT2D eigenvalue weighted by Crippen LogP contribution is 2.31. The third-order valence-electron chi connectivity index (χ3n) is 4.22. The van der Waals surface area contributed by atoms with Crippen molar-refractivity contribution in [1.29, 1.82) is 5.26 Å². The molecule has 1 aliphatic heterocycles. The molecule has 2 aromatic heterocycles. The number of thiophene rings is 1. The number of nitrogens with zero attached hydrogens (tertiary/aromatic N) is 5. The van der Waals surface area contributed by atoms with Crippen LogP contribution in [0.1, 0.15) is 15.9 Å². The van der Waals surface area contributed by atoms with Crippen molar-refractivity contribution in [3.05, 3.63) is 52.9 Å². The molecule has 1 aromatic carbocycles. The lowest BCUT2D eigenvalue weighted by Gasteiger charge is -2.34. The number of rotatable bonds is 3. The zero-order chi connectivity index (χ0) is 17.9. The summed E-state index contributed by atoms with van der Waals surface area (Å²) in [4.78, 5) is 17.8. The van der Waals surface area contributed by atoms with Crippen LogP contribution in [-0.2, 0) is 0 Å². The third kappa shape index (κ3) is 3.31. The van der Waals surface area contributed by atoms with Crippen LogP contribution in [0.25, 0.3) is 9.88 Å². The number of hydrogen-bond donors (Lipinski definition) is 0. The molecule has 130 valence electrons. The van der Waals surface area contributed by atoms with Gasteiger partial charge >= 0.3 is 0 Å². The minimum atomic E-state index is -0.0294. The van der Waals surface area contributed by atoms with Crippen LogP contribution in [0.15, 0.2) is 41.8 Å². The summed E-state index contributed by atoms with van der Waals surface area (Å²) in [5.74, 6) is -0.0294. The lowest BCUT2D eigenvalue weighted by Crippen LogP contribution is -2.48. The fraction of sp³-hybridized carbons (Fsp3) is 0.222. The molecule has 1 saturated heterocycles. The topological polar surface area (TPSA) is 73.1 Å². The summed E-state index contributed by atoms with van der Waals surface area (Å²) in [6.45, 7) is 2.71. The largest absolute Gasteiger partial charge is 0.343 e. The van der Waals surface area contributed by atoms with Gasteiger partial charge < -0.3 is 9.80 Å². The second kappa shape index (κ2) is 7.23. The van der Waals surface area contributed by atoms with Gasteiger partial charge in [-0.3, -0.25) is 4.79 Å². The highest BCUT2D eigenvalue weighted by molar-refractivity contribution is 7.22. The van der Waals surface area contributed by atoms with E-state index in [2.05, 4.69) is 21.2 Å². The van der Waals surface area contributed by atoms with Gasteiger partial charge in [-0.25, -0.2) is 0 Å². The molecule has 3 aromatic rings. The highest BCUT2D eigenvalue weighted by Gasteiger charge is 2.24. The standard InChI is InChI=1S/C18H15N5OS2/c19-12-13-3-1-4-14(11-13)17(24)22-6-8-23(9-7-22)18-21-20-16(26-18)15-5-2-10-25-15/h1-5,10-11H,6-9H2. The Labute approximate surface area is 158 Å². The van der Waals surface area contributed by atoms with E-state index in [4.69, 9.17) is 5.26 Å². The Morgan fingerprint density at radius 3 is 2.69 bits per heavy atom. The second-order valence-corrected chi connectivity index (χ2v) is 7.74. The summed E-state index contributed by atoms with van der Waals surface area (Å²) in [7, 11) is 0. The first kappa shape index (κ1) is 16.7. The maximum Gasteiger partial charge on any atom is 0.254 e. The van der Waals surface area contributed by atoms with E-state index < -0.39 is 0 Å². The lowest BCUT2D eigenvalue weighted by molar-refractivity contribution is 0.0746. The number of carbonyl (C=O) groups is 1. The van der Waals surface area contributed by atoms with Crippen LogP contribution >= 0.6 is 22.7 Å². The smallest absolute Gasteiger partial charge is 0.254 e. The Morgan fingerprint density at radius 2 is 1.96 bits per heavy atom. The molecule has 0 atom stereocenters. The lowest BCUT2D eigenvalue weighted by atomic mass is 10.1. The van der Waals surface area contributed by atoms with E-state index in [1.807, 2.05) is 22.4 Å². The van der Waals surface area contributed by atoms with Crippen molar-refractivity contribution in [3.63, 3.8) is 0 Å². The molecule has 1 aliphatic rings. The van der Waals surface area contributed by atoms with E-state index in [-0.39, 0.29) is 5.91 Å². The average molecular weight is 381 g/mol. The van der Waals surface area contributed by atoms with Gasteiger partial charge in [-0.15, -0.1) is 21.5 Å². The Balaban J connectivity index is 1.41. The number of benzene rings is 1. The van der Waals surface area contributed by atoms with Crippen LogP contribution < -0.4 is 4.90 Å². The van der Waals surface area contributed by atoms with Crippen molar-refractivity contribution in [2.24, 2.45) is 0 Å². The van der Waals surface area contributed by atoms with Crippen LogP contribution in [0.4, 0.5) is 5.13 Å². The van der Waals surface area contributed by atoms with E-state index in [0.29, 0.717) is 24.2 Å². The maximum absolute atomic E-state index is 12.6. The van der Waals surface area contributed by atoms with Crippen molar-refractivity contribution < 1.29 is 4.79 Å². The predicted octanol–water partition coefficient (Wildman–Crippen LogP) is 3.10. The van der Waals surface area contributed by atoms with Crippen molar-refractivity contribution in [3.8, 4) is 16.0 Å². The Bertz CT molecular complexity index is 952. The molecule has 26 heavy (non-hydrogen) atoms. The van der Waals surface area contributed by atoms with Crippen LogP contribution in [0, 0.1) is 11.3 Å². The van der Waals surface area contributed by atoms with Crippen molar-refractivity contribution in [2.45, 2.75) is 0 Å². The molecule has 0 radical (unpaired) electrons. The SMILES string of the molecule is N#Cc1cccc(C(=O)N2CCN(c3nnc(-c4cccs4)s3)CC2)c1. The zero-order valence-corrected chi connectivity index (χ0v) is 15.5. The average Bonchev–Trinajstić information content (AvgIpc) is 3.39. The molecule has 1 amide bonds. The molecule has 0 bridgehead atoms. The van der Waals surface area contributed by atoms with Crippen molar-refractivity contribution >= 4 is 33.7 Å². The van der Waals surface area contributed by atoms with Gasteiger partial charge in [-0.05, 0) is 29.6 Å². The Hall–Kier alpha value is -2.76. The third-order valence-corrected chi connectivity index (χ3v) is 6.25. The van der Waals surface area contributed by atoms with Crippen LogP contribution in [0.3, 0.4) is 0 Å². The molecule has 4 rings (SSSR count).